The lowest BCUT2D eigenvalue weighted by Crippen LogP contribution is -2.28. The Morgan fingerprint density at radius 1 is 0.319 bits per heavy atom. The van der Waals surface area contributed by atoms with Gasteiger partial charge in [-0.25, -0.2) is 0 Å². The third-order valence-electron chi connectivity index (χ3n) is 14.3. The molecule has 69 heavy (non-hydrogen) atoms. The summed E-state index contributed by atoms with van der Waals surface area (Å²) < 4.78 is 13.8. The van der Waals surface area contributed by atoms with Crippen molar-refractivity contribution in [3.63, 3.8) is 0 Å². The Morgan fingerprint density at radius 2 is 0.884 bits per heavy atom. The van der Waals surface area contributed by atoms with Gasteiger partial charge in [0.2, 0.25) is 0 Å². The van der Waals surface area contributed by atoms with Crippen molar-refractivity contribution in [2.24, 2.45) is 0 Å². The molecule has 1 aliphatic carbocycles. The molecule has 4 heteroatoms. The lowest BCUT2D eigenvalue weighted by Gasteiger charge is -2.35. The summed E-state index contributed by atoms with van der Waals surface area (Å²) in [7, 11) is 0. The Hall–Kier alpha value is -9.12. The number of rotatable bonds is 8. The summed E-state index contributed by atoms with van der Waals surface area (Å²) >= 11 is 0. The largest absolute Gasteiger partial charge is 0.456 e. The van der Waals surface area contributed by atoms with Gasteiger partial charge in [0.1, 0.15) is 17.1 Å². The first-order chi connectivity index (χ1) is 34.2. The molecule has 12 aromatic rings. The van der Waals surface area contributed by atoms with Gasteiger partial charge < -0.3 is 19.0 Å². The summed E-state index contributed by atoms with van der Waals surface area (Å²) in [5, 5.41) is 4.28. The van der Waals surface area contributed by atoms with Crippen LogP contribution in [0.15, 0.2) is 259 Å². The minimum absolute atomic E-state index is 0.579. The van der Waals surface area contributed by atoms with Crippen LogP contribution in [0.2, 0.25) is 0 Å². The molecule has 0 radical (unpaired) electrons. The van der Waals surface area contributed by atoms with Gasteiger partial charge in [0.15, 0.2) is 5.58 Å². The predicted octanol–water partition coefficient (Wildman–Crippen LogP) is 17.8. The zero-order chi connectivity index (χ0) is 45.5. The second-order valence-electron chi connectivity index (χ2n) is 17.9. The number of furan rings is 1. The van der Waals surface area contributed by atoms with Gasteiger partial charge >= 0.3 is 0 Å². The van der Waals surface area contributed by atoms with E-state index in [-0.39, 0.29) is 0 Å². The molecule has 0 spiro atoms. The average Bonchev–Trinajstić information content (AvgIpc) is 3.95. The van der Waals surface area contributed by atoms with E-state index in [1.807, 2.05) is 6.07 Å². The predicted molar refractivity (Wildman–Crippen MR) is 283 cm³/mol. The molecule has 324 valence electrons. The van der Waals surface area contributed by atoms with Gasteiger partial charge in [-0.3, -0.25) is 0 Å². The summed E-state index contributed by atoms with van der Waals surface area (Å²) in [5.74, 6) is 1.65. The highest BCUT2D eigenvalue weighted by atomic mass is 16.5. The van der Waals surface area contributed by atoms with E-state index in [9.17, 15) is 0 Å². The molecule has 0 unspecified atom stereocenters. The highest BCUT2D eigenvalue weighted by molar-refractivity contribution is 6.14. The second kappa shape index (κ2) is 15.5. The average molecular weight is 883 g/mol. The third-order valence-corrected chi connectivity index (χ3v) is 14.3. The van der Waals surface area contributed by atoms with Crippen molar-refractivity contribution in [1.82, 2.24) is 0 Å². The second-order valence-corrected chi connectivity index (χ2v) is 17.9. The summed E-state index contributed by atoms with van der Waals surface area (Å²) in [6.45, 7) is 0. The van der Waals surface area contributed by atoms with Gasteiger partial charge in [-0.15, -0.1) is 0 Å². The number of fused-ring (bicyclic) bond motifs is 8. The van der Waals surface area contributed by atoms with Crippen molar-refractivity contribution in [2.75, 3.05) is 9.80 Å². The highest BCUT2D eigenvalue weighted by Gasteiger charge is 2.46. The molecule has 14 rings (SSSR count). The molecule has 4 nitrogen and oxygen atoms in total. The highest BCUT2D eigenvalue weighted by Crippen LogP contribution is 2.58. The van der Waals surface area contributed by atoms with E-state index in [2.05, 4.69) is 259 Å². The first-order valence-electron chi connectivity index (χ1n) is 23.6. The topological polar surface area (TPSA) is 28.9 Å². The minimum atomic E-state index is -0.579. The van der Waals surface area contributed by atoms with Crippen LogP contribution in [-0.4, -0.2) is 0 Å². The van der Waals surface area contributed by atoms with Gasteiger partial charge in [-0.2, -0.15) is 0 Å². The molecule has 0 N–H and O–H groups in total. The molecular weight excluding hydrogens is 841 g/mol. The van der Waals surface area contributed by atoms with Crippen LogP contribution in [0.5, 0.6) is 11.5 Å². The molecule has 1 aliphatic heterocycles. The third kappa shape index (κ3) is 5.89. The van der Waals surface area contributed by atoms with Crippen molar-refractivity contribution in [2.45, 2.75) is 5.41 Å². The van der Waals surface area contributed by atoms with E-state index >= 15 is 0 Å². The maximum Gasteiger partial charge on any atom is 0.159 e. The van der Waals surface area contributed by atoms with Crippen LogP contribution < -0.4 is 14.5 Å². The SMILES string of the molecule is c1ccc(N(c2ccccc2)c2ccc3c(c2)-c2cccc4c(N(c5ccc6c(c5)C(c5ccccc5)(c5ccccc5)c5ccccc5-6)c5cccc6c5oc5ccccc56)ccc(c24)O3)cc1. The number of anilines is 6. The van der Waals surface area contributed by atoms with Crippen LogP contribution >= 0.6 is 0 Å². The lowest BCUT2D eigenvalue weighted by molar-refractivity contribution is 0.487. The molecule has 0 atom stereocenters. The van der Waals surface area contributed by atoms with E-state index < -0.39 is 5.41 Å². The van der Waals surface area contributed by atoms with Crippen LogP contribution in [0.4, 0.5) is 34.1 Å². The number of nitrogens with zero attached hydrogens (tertiary/aromatic N) is 2. The van der Waals surface area contributed by atoms with Crippen LogP contribution in [0.3, 0.4) is 0 Å². The molecular formula is C65H42N2O2. The van der Waals surface area contributed by atoms with Crippen molar-refractivity contribution in [3.05, 3.63) is 277 Å². The first-order valence-corrected chi connectivity index (χ1v) is 23.6. The Kier molecular flexibility index (Phi) is 8.77. The normalized spacial score (nSPS) is 12.9. The molecule has 0 fully saturated rings. The van der Waals surface area contributed by atoms with Gasteiger partial charge in [-0.1, -0.05) is 176 Å². The van der Waals surface area contributed by atoms with Crippen LogP contribution in [0, 0.1) is 0 Å². The number of benzene rings is 11. The fourth-order valence-corrected chi connectivity index (χ4v) is 11.4. The van der Waals surface area contributed by atoms with Crippen LogP contribution in [0.1, 0.15) is 22.3 Å². The lowest BCUT2D eigenvalue weighted by atomic mass is 9.67. The molecule has 11 aromatic carbocycles. The summed E-state index contributed by atoms with van der Waals surface area (Å²) in [5.41, 5.74) is 16.9. The zero-order valence-corrected chi connectivity index (χ0v) is 37.5. The number of ether oxygens (including phenoxy) is 1. The summed E-state index contributed by atoms with van der Waals surface area (Å²) in [6.07, 6.45) is 0. The monoisotopic (exact) mass is 882 g/mol. The molecule has 0 bridgehead atoms. The molecule has 0 saturated heterocycles. The first kappa shape index (κ1) is 39.1. The van der Waals surface area contributed by atoms with Crippen LogP contribution in [0.25, 0.3) is 55.0 Å². The van der Waals surface area contributed by atoms with Gasteiger partial charge in [0, 0.05) is 49.9 Å². The number of hydrogen-bond donors (Lipinski definition) is 0. The standard InChI is InChI=1S/C65H42N2O2/c1-5-19-43(20-6-1)65(44-21-7-2-8-22-44)56-32-15-13-27-49(56)50-37-35-48(42-57(50)65)67(59-33-18-30-53-51-28-14-16-34-60(51)69-64(53)59)58-38-40-62-63-52(29-17-31-54(58)63)55-41-47(36-39-61(55)68-62)66(45-23-9-3-10-24-45)46-25-11-4-12-26-46/h1-42H. The smallest absolute Gasteiger partial charge is 0.159 e. The van der Waals surface area contributed by atoms with Crippen LogP contribution in [-0.2, 0) is 5.41 Å². The quantitative estimate of drug-likeness (QED) is 0.152. The van der Waals surface area contributed by atoms with E-state index in [1.54, 1.807) is 0 Å². The fraction of sp³-hybridized carbons (Fsp3) is 0.0154. The van der Waals surface area contributed by atoms with Crippen molar-refractivity contribution in [3.8, 4) is 33.8 Å². The maximum absolute atomic E-state index is 6.92. The number of hydrogen-bond acceptors (Lipinski definition) is 4. The Bertz CT molecular complexity index is 3860. The fourth-order valence-electron chi connectivity index (χ4n) is 11.4. The van der Waals surface area contributed by atoms with Crippen molar-refractivity contribution < 1.29 is 9.15 Å². The Morgan fingerprint density at radius 3 is 1.64 bits per heavy atom. The Balaban J connectivity index is 1.02. The maximum atomic E-state index is 6.92. The van der Waals surface area contributed by atoms with E-state index in [1.165, 1.54) is 33.4 Å². The number of para-hydroxylation sites is 4. The van der Waals surface area contributed by atoms with Gasteiger partial charge in [0.25, 0.3) is 0 Å². The summed E-state index contributed by atoms with van der Waals surface area (Å²) in [4.78, 5) is 4.72. The molecule has 0 saturated carbocycles. The van der Waals surface area contributed by atoms with Crippen molar-refractivity contribution >= 4 is 66.8 Å². The molecule has 0 amide bonds. The molecule has 1 aromatic heterocycles. The molecule has 2 aliphatic rings. The van der Waals surface area contributed by atoms with E-state index in [0.29, 0.717) is 0 Å². The van der Waals surface area contributed by atoms with Gasteiger partial charge in [-0.05, 0) is 118 Å². The van der Waals surface area contributed by atoms with Crippen molar-refractivity contribution in [1.29, 1.82) is 0 Å². The Labute approximate surface area is 400 Å². The summed E-state index contributed by atoms with van der Waals surface area (Å²) in [6, 6.07) is 91.6. The van der Waals surface area contributed by atoms with E-state index in [0.717, 1.165) is 89.5 Å². The zero-order valence-electron chi connectivity index (χ0n) is 37.5. The van der Waals surface area contributed by atoms with E-state index in [4.69, 9.17) is 9.15 Å². The molecule has 2 heterocycles. The minimum Gasteiger partial charge on any atom is -0.456 e. The van der Waals surface area contributed by atoms with Gasteiger partial charge in [0.05, 0.1) is 16.8 Å².